The number of anilines is 1. The van der Waals surface area contributed by atoms with Gasteiger partial charge in [0.05, 0.1) is 5.56 Å². The summed E-state index contributed by atoms with van der Waals surface area (Å²) in [6, 6.07) is 3.30. The minimum atomic E-state index is -0.512. The van der Waals surface area contributed by atoms with Crippen LogP contribution in [0, 0.1) is 11.6 Å². The Bertz CT molecular complexity index is 551. The van der Waals surface area contributed by atoms with Crippen molar-refractivity contribution in [1.29, 1.82) is 0 Å². The second-order valence-corrected chi connectivity index (χ2v) is 3.75. The predicted octanol–water partition coefficient (Wildman–Crippen LogP) is 2.68. The van der Waals surface area contributed by atoms with Crippen molar-refractivity contribution >= 4 is 5.95 Å². The van der Waals surface area contributed by atoms with Crippen molar-refractivity contribution in [1.82, 2.24) is 14.8 Å². The van der Waals surface area contributed by atoms with Gasteiger partial charge in [-0.2, -0.15) is 0 Å². The molecular weight excluding hydrogens is 238 g/mol. The third-order valence-electron chi connectivity index (χ3n) is 2.57. The molecule has 0 atom stereocenters. The van der Waals surface area contributed by atoms with Gasteiger partial charge in [0, 0.05) is 13.1 Å². The van der Waals surface area contributed by atoms with E-state index in [9.17, 15) is 8.78 Å². The fourth-order valence-corrected chi connectivity index (χ4v) is 1.76. The number of nitrogens with one attached hydrogen (secondary N) is 1. The van der Waals surface area contributed by atoms with Gasteiger partial charge in [0.2, 0.25) is 5.95 Å². The van der Waals surface area contributed by atoms with Crippen LogP contribution in [0.25, 0.3) is 11.4 Å². The van der Waals surface area contributed by atoms with Crippen LogP contribution >= 0.6 is 0 Å². The summed E-state index contributed by atoms with van der Waals surface area (Å²) in [7, 11) is 0. The number of aromatic nitrogens is 3. The molecule has 18 heavy (non-hydrogen) atoms. The average molecular weight is 252 g/mol. The van der Waals surface area contributed by atoms with Gasteiger partial charge in [-0.25, -0.2) is 8.78 Å². The van der Waals surface area contributed by atoms with E-state index in [-0.39, 0.29) is 5.56 Å². The van der Waals surface area contributed by atoms with E-state index in [0.29, 0.717) is 24.9 Å². The molecule has 0 aliphatic carbocycles. The summed E-state index contributed by atoms with van der Waals surface area (Å²) in [6.45, 7) is 5.08. The van der Waals surface area contributed by atoms with Crippen molar-refractivity contribution < 1.29 is 8.78 Å². The quantitative estimate of drug-likeness (QED) is 0.909. The van der Waals surface area contributed by atoms with Crippen molar-refractivity contribution in [2.24, 2.45) is 0 Å². The first-order valence-electron chi connectivity index (χ1n) is 5.79. The van der Waals surface area contributed by atoms with E-state index >= 15 is 0 Å². The molecule has 1 N–H and O–H groups in total. The smallest absolute Gasteiger partial charge is 0.224 e. The minimum absolute atomic E-state index is 0.119. The standard InChI is InChI=1S/C12H14F2N4/c1-3-15-12-17-16-11(18(12)4-2)9-7-8(13)5-6-10(9)14/h5-7H,3-4H2,1-2H3,(H,15,17). The highest BCUT2D eigenvalue weighted by Crippen LogP contribution is 2.24. The molecule has 0 aliphatic heterocycles. The molecule has 0 bridgehead atoms. The highest BCUT2D eigenvalue weighted by Gasteiger charge is 2.16. The summed E-state index contributed by atoms with van der Waals surface area (Å²) < 4.78 is 28.6. The minimum Gasteiger partial charge on any atom is -0.355 e. The summed E-state index contributed by atoms with van der Waals surface area (Å²) in [5.41, 5.74) is 0.119. The van der Waals surface area contributed by atoms with Crippen molar-refractivity contribution in [3.63, 3.8) is 0 Å². The molecule has 6 heteroatoms. The van der Waals surface area contributed by atoms with Gasteiger partial charge in [-0.15, -0.1) is 10.2 Å². The van der Waals surface area contributed by atoms with Crippen LogP contribution in [0.4, 0.5) is 14.7 Å². The zero-order valence-corrected chi connectivity index (χ0v) is 10.2. The lowest BCUT2D eigenvalue weighted by atomic mass is 10.2. The molecule has 96 valence electrons. The number of halogens is 2. The van der Waals surface area contributed by atoms with E-state index < -0.39 is 11.6 Å². The molecule has 0 amide bonds. The second kappa shape index (κ2) is 5.12. The maximum absolute atomic E-state index is 13.7. The Morgan fingerprint density at radius 1 is 1.22 bits per heavy atom. The Morgan fingerprint density at radius 3 is 2.67 bits per heavy atom. The van der Waals surface area contributed by atoms with Gasteiger partial charge in [0.15, 0.2) is 5.82 Å². The van der Waals surface area contributed by atoms with E-state index in [1.807, 2.05) is 13.8 Å². The number of hydrogen-bond donors (Lipinski definition) is 1. The number of hydrogen-bond acceptors (Lipinski definition) is 3. The summed E-state index contributed by atoms with van der Waals surface area (Å²) in [4.78, 5) is 0. The molecule has 0 spiro atoms. The average Bonchev–Trinajstić information content (AvgIpc) is 2.75. The van der Waals surface area contributed by atoms with Crippen LogP contribution < -0.4 is 5.32 Å². The topological polar surface area (TPSA) is 42.7 Å². The fraction of sp³-hybridized carbons (Fsp3) is 0.333. The summed E-state index contributed by atoms with van der Waals surface area (Å²) >= 11 is 0. The molecule has 1 aromatic carbocycles. The van der Waals surface area contributed by atoms with Gasteiger partial charge in [-0.1, -0.05) is 0 Å². The monoisotopic (exact) mass is 252 g/mol. The molecule has 0 unspecified atom stereocenters. The lowest BCUT2D eigenvalue weighted by Gasteiger charge is -2.08. The van der Waals surface area contributed by atoms with Crippen molar-refractivity contribution in [2.45, 2.75) is 20.4 Å². The number of benzene rings is 1. The molecule has 2 rings (SSSR count). The highest BCUT2D eigenvalue weighted by molar-refractivity contribution is 5.58. The first-order chi connectivity index (χ1) is 8.67. The van der Waals surface area contributed by atoms with E-state index in [1.165, 1.54) is 0 Å². The molecule has 2 aromatic rings. The van der Waals surface area contributed by atoms with Crippen LogP contribution in [0.5, 0.6) is 0 Å². The van der Waals surface area contributed by atoms with Crippen molar-refractivity contribution in [3.05, 3.63) is 29.8 Å². The number of nitrogens with zero attached hydrogens (tertiary/aromatic N) is 3. The molecule has 0 fully saturated rings. The first-order valence-corrected chi connectivity index (χ1v) is 5.79. The summed E-state index contributed by atoms with van der Waals surface area (Å²) in [6.07, 6.45) is 0. The molecule has 4 nitrogen and oxygen atoms in total. The zero-order valence-electron chi connectivity index (χ0n) is 10.2. The SMILES string of the molecule is CCNc1nnc(-c2cc(F)ccc2F)n1CC. The maximum Gasteiger partial charge on any atom is 0.224 e. The molecule has 1 aromatic heterocycles. The third-order valence-corrected chi connectivity index (χ3v) is 2.57. The van der Waals surface area contributed by atoms with E-state index in [2.05, 4.69) is 15.5 Å². The Balaban J connectivity index is 2.53. The third kappa shape index (κ3) is 2.18. The molecular formula is C12H14F2N4. The fourth-order valence-electron chi connectivity index (χ4n) is 1.76. The molecule has 1 heterocycles. The van der Waals surface area contributed by atoms with Crippen molar-refractivity contribution in [3.8, 4) is 11.4 Å². The van der Waals surface area contributed by atoms with Gasteiger partial charge in [0.1, 0.15) is 11.6 Å². The Morgan fingerprint density at radius 2 is 2.00 bits per heavy atom. The molecule has 0 aliphatic rings. The lowest BCUT2D eigenvalue weighted by Crippen LogP contribution is -2.07. The van der Waals surface area contributed by atoms with Crippen LogP contribution in [0.15, 0.2) is 18.2 Å². The van der Waals surface area contributed by atoms with Gasteiger partial charge >= 0.3 is 0 Å². The van der Waals surface area contributed by atoms with Gasteiger partial charge in [-0.3, -0.25) is 4.57 Å². The normalized spacial score (nSPS) is 10.7. The molecule has 0 radical (unpaired) electrons. The van der Waals surface area contributed by atoms with Crippen LogP contribution in [0.1, 0.15) is 13.8 Å². The van der Waals surface area contributed by atoms with Gasteiger partial charge < -0.3 is 5.32 Å². The molecule has 0 saturated heterocycles. The largest absolute Gasteiger partial charge is 0.355 e. The van der Waals surface area contributed by atoms with Gasteiger partial charge in [0.25, 0.3) is 0 Å². The zero-order chi connectivity index (χ0) is 13.1. The van der Waals surface area contributed by atoms with E-state index in [1.54, 1.807) is 4.57 Å². The van der Waals surface area contributed by atoms with Crippen LogP contribution in [0.2, 0.25) is 0 Å². The van der Waals surface area contributed by atoms with Crippen LogP contribution in [-0.2, 0) is 6.54 Å². The first kappa shape index (κ1) is 12.5. The maximum atomic E-state index is 13.7. The Hall–Kier alpha value is -1.98. The Labute approximate surface area is 104 Å². The van der Waals surface area contributed by atoms with Crippen LogP contribution in [-0.4, -0.2) is 21.3 Å². The van der Waals surface area contributed by atoms with Crippen LogP contribution in [0.3, 0.4) is 0 Å². The predicted molar refractivity (Wildman–Crippen MR) is 65.2 cm³/mol. The van der Waals surface area contributed by atoms with E-state index in [0.717, 1.165) is 18.2 Å². The van der Waals surface area contributed by atoms with Crippen molar-refractivity contribution in [2.75, 3.05) is 11.9 Å². The van der Waals surface area contributed by atoms with Gasteiger partial charge in [-0.05, 0) is 32.0 Å². The summed E-state index contributed by atoms with van der Waals surface area (Å²) in [5, 5.41) is 10.9. The second-order valence-electron chi connectivity index (χ2n) is 3.75. The molecule has 0 saturated carbocycles. The highest BCUT2D eigenvalue weighted by atomic mass is 19.1. The van der Waals surface area contributed by atoms with E-state index in [4.69, 9.17) is 0 Å². The lowest BCUT2D eigenvalue weighted by molar-refractivity contribution is 0.600. The Kier molecular flexibility index (Phi) is 3.55. The summed E-state index contributed by atoms with van der Waals surface area (Å²) in [5.74, 6) is -0.132. The number of rotatable bonds is 4.